The Morgan fingerprint density at radius 3 is 3.08 bits per heavy atom. The van der Waals surface area contributed by atoms with Crippen LogP contribution in [0.4, 0.5) is 0 Å². The fraction of sp³-hybridized carbons (Fsp3) is 0.143. The molecule has 2 aromatic heterocycles. The molecule has 0 unspecified atom stereocenters. The summed E-state index contributed by atoms with van der Waals surface area (Å²) < 4.78 is 2.68. The maximum atomic E-state index is 5.78. The Kier molecular flexibility index (Phi) is 1.96. The lowest BCUT2D eigenvalue weighted by atomic mass is 10.3. The number of aryl methyl sites for hydroxylation is 1. The number of nitrogens with zero attached hydrogens (tertiary/aromatic N) is 3. The molecule has 0 saturated heterocycles. The fourth-order valence-corrected chi connectivity index (χ4v) is 2.39. The van der Waals surface area contributed by atoms with Crippen LogP contribution in [0.5, 0.6) is 0 Å². The highest BCUT2D eigenvalue weighted by Crippen LogP contribution is 2.21. The van der Waals surface area contributed by atoms with Gasteiger partial charge >= 0.3 is 0 Å². The van der Waals surface area contributed by atoms with Gasteiger partial charge in [0.25, 0.3) is 0 Å². The Balaban J connectivity index is 2.93. The van der Waals surface area contributed by atoms with E-state index in [1.807, 2.05) is 13.1 Å². The van der Waals surface area contributed by atoms with Crippen LogP contribution in [-0.2, 0) is 7.05 Å². The van der Waals surface area contributed by atoms with E-state index in [0.29, 0.717) is 5.15 Å². The van der Waals surface area contributed by atoms with Gasteiger partial charge in [-0.2, -0.15) is 5.10 Å². The molecule has 0 atom stereocenters. The zero-order valence-electron chi connectivity index (χ0n) is 6.25. The lowest BCUT2D eigenvalue weighted by molar-refractivity contribution is 0.793. The molecule has 0 aliphatic carbocycles. The highest BCUT2D eigenvalue weighted by molar-refractivity contribution is 14.1. The standard InChI is InChI=1S/C7H5ClIN3/c1-12-6-4(3-10-12)2-5(8)11-7(6)9/h2-3H,1H3. The van der Waals surface area contributed by atoms with E-state index >= 15 is 0 Å². The van der Waals surface area contributed by atoms with Gasteiger partial charge in [0, 0.05) is 12.4 Å². The zero-order chi connectivity index (χ0) is 8.72. The minimum atomic E-state index is 0.514. The Morgan fingerprint density at radius 1 is 1.58 bits per heavy atom. The van der Waals surface area contributed by atoms with Crippen LogP contribution in [0, 0.1) is 3.70 Å². The smallest absolute Gasteiger partial charge is 0.131 e. The average molecular weight is 293 g/mol. The average Bonchev–Trinajstić information content (AvgIpc) is 2.31. The van der Waals surface area contributed by atoms with Gasteiger partial charge in [0.2, 0.25) is 0 Å². The van der Waals surface area contributed by atoms with Crippen molar-refractivity contribution in [1.29, 1.82) is 0 Å². The van der Waals surface area contributed by atoms with Gasteiger partial charge in [0.15, 0.2) is 0 Å². The van der Waals surface area contributed by atoms with Gasteiger partial charge in [-0.3, -0.25) is 4.68 Å². The molecule has 0 aliphatic heterocycles. The van der Waals surface area contributed by atoms with Crippen molar-refractivity contribution >= 4 is 45.1 Å². The lowest BCUT2D eigenvalue weighted by Crippen LogP contribution is -1.93. The van der Waals surface area contributed by atoms with Crippen molar-refractivity contribution in [2.45, 2.75) is 0 Å². The third kappa shape index (κ3) is 1.19. The second-order valence-electron chi connectivity index (χ2n) is 2.44. The van der Waals surface area contributed by atoms with Crippen molar-refractivity contribution in [2.24, 2.45) is 7.05 Å². The summed E-state index contributed by atoms with van der Waals surface area (Å²) in [7, 11) is 1.89. The summed E-state index contributed by atoms with van der Waals surface area (Å²) in [4.78, 5) is 4.13. The molecule has 0 saturated carbocycles. The number of pyridine rings is 1. The molecule has 2 aromatic rings. The maximum absolute atomic E-state index is 5.78. The first-order chi connectivity index (χ1) is 5.68. The monoisotopic (exact) mass is 293 g/mol. The normalized spacial score (nSPS) is 10.9. The Labute approximate surface area is 87.9 Å². The number of fused-ring (bicyclic) bond motifs is 1. The first kappa shape index (κ1) is 8.25. The highest BCUT2D eigenvalue weighted by Gasteiger charge is 2.05. The van der Waals surface area contributed by atoms with Crippen LogP contribution in [-0.4, -0.2) is 14.8 Å². The van der Waals surface area contributed by atoms with Crippen molar-refractivity contribution in [3.8, 4) is 0 Å². The van der Waals surface area contributed by atoms with Crippen LogP contribution in [0.2, 0.25) is 5.15 Å². The van der Waals surface area contributed by atoms with E-state index in [0.717, 1.165) is 14.6 Å². The highest BCUT2D eigenvalue weighted by atomic mass is 127. The molecule has 0 amide bonds. The summed E-state index contributed by atoms with van der Waals surface area (Å²) in [6.45, 7) is 0. The van der Waals surface area contributed by atoms with E-state index in [1.165, 1.54) is 0 Å². The van der Waals surface area contributed by atoms with Crippen LogP contribution in [0.25, 0.3) is 10.9 Å². The van der Waals surface area contributed by atoms with Gasteiger partial charge in [0.05, 0.1) is 11.7 Å². The van der Waals surface area contributed by atoms with E-state index < -0.39 is 0 Å². The summed E-state index contributed by atoms with van der Waals surface area (Å²) in [6, 6.07) is 1.81. The molecular formula is C7H5ClIN3. The Hall–Kier alpha value is -0.360. The topological polar surface area (TPSA) is 30.7 Å². The van der Waals surface area contributed by atoms with Crippen molar-refractivity contribution in [2.75, 3.05) is 0 Å². The minimum Gasteiger partial charge on any atom is -0.265 e. The molecule has 0 fully saturated rings. The van der Waals surface area contributed by atoms with Crippen LogP contribution in [0.1, 0.15) is 0 Å². The number of aromatic nitrogens is 3. The Morgan fingerprint density at radius 2 is 2.33 bits per heavy atom. The van der Waals surface area contributed by atoms with Crippen molar-refractivity contribution < 1.29 is 0 Å². The predicted molar refractivity (Wildman–Crippen MR) is 56.2 cm³/mol. The van der Waals surface area contributed by atoms with Crippen LogP contribution in [0.15, 0.2) is 12.3 Å². The largest absolute Gasteiger partial charge is 0.265 e. The number of halogens is 2. The zero-order valence-corrected chi connectivity index (χ0v) is 9.17. The summed E-state index contributed by atoms with van der Waals surface area (Å²) in [6.07, 6.45) is 1.78. The third-order valence-electron chi connectivity index (χ3n) is 1.64. The van der Waals surface area contributed by atoms with E-state index in [-0.39, 0.29) is 0 Å². The SMILES string of the molecule is Cn1ncc2cc(Cl)nc(I)c21. The molecule has 0 radical (unpaired) electrons. The molecule has 62 valence electrons. The molecule has 0 aliphatic rings. The molecule has 2 heterocycles. The molecule has 0 aromatic carbocycles. The first-order valence-corrected chi connectivity index (χ1v) is 4.78. The van der Waals surface area contributed by atoms with E-state index in [2.05, 4.69) is 32.7 Å². The second-order valence-corrected chi connectivity index (χ2v) is 3.85. The fourth-order valence-electron chi connectivity index (χ4n) is 1.12. The van der Waals surface area contributed by atoms with Gasteiger partial charge in [-0.15, -0.1) is 0 Å². The molecule has 0 N–H and O–H groups in total. The molecule has 0 spiro atoms. The van der Waals surface area contributed by atoms with Gasteiger partial charge < -0.3 is 0 Å². The van der Waals surface area contributed by atoms with Crippen molar-refractivity contribution in [3.63, 3.8) is 0 Å². The maximum Gasteiger partial charge on any atom is 0.131 e. The lowest BCUT2D eigenvalue weighted by Gasteiger charge is -1.97. The molecule has 2 rings (SSSR count). The third-order valence-corrected chi connectivity index (χ3v) is 2.59. The summed E-state index contributed by atoms with van der Waals surface area (Å²) in [5.41, 5.74) is 1.03. The quantitative estimate of drug-likeness (QED) is 0.551. The van der Waals surface area contributed by atoms with Crippen LogP contribution < -0.4 is 0 Å². The van der Waals surface area contributed by atoms with Crippen molar-refractivity contribution in [3.05, 3.63) is 21.1 Å². The van der Waals surface area contributed by atoms with E-state index in [4.69, 9.17) is 11.6 Å². The molecular weight excluding hydrogens is 288 g/mol. The summed E-state index contributed by atoms with van der Waals surface area (Å²) in [5, 5.41) is 5.65. The van der Waals surface area contributed by atoms with Gasteiger partial charge in [-0.25, -0.2) is 4.98 Å². The predicted octanol–water partition coefficient (Wildman–Crippen LogP) is 2.23. The molecule has 12 heavy (non-hydrogen) atoms. The minimum absolute atomic E-state index is 0.514. The van der Waals surface area contributed by atoms with Gasteiger partial charge in [-0.1, -0.05) is 11.6 Å². The number of rotatable bonds is 0. The van der Waals surface area contributed by atoms with Gasteiger partial charge in [-0.05, 0) is 28.7 Å². The summed E-state index contributed by atoms with van der Waals surface area (Å²) in [5.74, 6) is 0. The van der Waals surface area contributed by atoms with Crippen LogP contribution >= 0.6 is 34.2 Å². The van der Waals surface area contributed by atoms with Crippen molar-refractivity contribution in [1.82, 2.24) is 14.8 Å². The molecule has 0 bridgehead atoms. The molecule has 3 nitrogen and oxygen atoms in total. The summed E-state index contributed by atoms with van der Waals surface area (Å²) >= 11 is 7.93. The van der Waals surface area contributed by atoms with Gasteiger partial charge in [0.1, 0.15) is 8.85 Å². The van der Waals surface area contributed by atoms with E-state index in [9.17, 15) is 0 Å². The molecule has 5 heteroatoms. The Bertz CT molecular complexity index is 437. The van der Waals surface area contributed by atoms with E-state index in [1.54, 1.807) is 10.9 Å². The van der Waals surface area contributed by atoms with Crippen LogP contribution in [0.3, 0.4) is 0 Å². The number of hydrogen-bond donors (Lipinski definition) is 0. The first-order valence-electron chi connectivity index (χ1n) is 3.32. The second kappa shape index (κ2) is 2.85. The number of hydrogen-bond acceptors (Lipinski definition) is 2.